The molecule has 3 rings (SSSR count). The number of fused-ring (bicyclic) bond motifs is 3. The van der Waals surface area contributed by atoms with E-state index in [9.17, 15) is 0 Å². The van der Waals surface area contributed by atoms with Crippen LogP contribution in [0, 0.1) is 0 Å². The molecule has 0 saturated heterocycles. The van der Waals surface area contributed by atoms with E-state index in [1.54, 1.807) is 0 Å². The lowest BCUT2D eigenvalue weighted by atomic mass is 9.96. The van der Waals surface area contributed by atoms with Crippen molar-refractivity contribution < 1.29 is 0 Å². The van der Waals surface area contributed by atoms with Crippen molar-refractivity contribution in [1.82, 2.24) is 5.32 Å². The van der Waals surface area contributed by atoms with Gasteiger partial charge in [0.15, 0.2) is 0 Å². The second-order valence-corrected chi connectivity index (χ2v) is 6.05. The van der Waals surface area contributed by atoms with Gasteiger partial charge >= 0.3 is 0 Å². The fourth-order valence-electron chi connectivity index (χ4n) is 3.35. The minimum Gasteiger partial charge on any atom is -0.310 e. The summed E-state index contributed by atoms with van der Waals surface area (Å²) in [5.41, 5.74) is 7.27. The number of hydrogen-bond acceptors (Lipinski definition) is 1. The Kier molecular flexibility index (Phi) is 4.40. The summed E-state index contributed by atoms with van der Waals surface area (Å²) in [6.07, 6.45) is 4.70. The molecule has 0 saturated carbocycles. The van der Waals surface area contributed by atoms with Crippen LogP contribution in [0.5, 0.6) is 0 Å². The van der Waals surface area contributed by atoms with Gasteiger partial charge in [-0.05, 0) is 59.7 Å². The number of nitrogens with one attached hydrogen (secondary N) is 1. The molecule has 1 nitrogen and oxygen atoms in total. The highest BCUT2D eigenvalue weighted by atomic mass is 14.9. The zero-order valence-corrected chi connectivity index (χ0v) is 13.2. The molecule has 1 aliphatic carbocycles. The highest BCUT2D eigenvalue weighted by Gasteiger charge is 2.19. The first-order valence-electron chi connectivity index (χ1n) is 8.28. The smallest absolute Gasteiger partial charge is 0.0320 e. The van der Waals surface area contributed by atoms with Gasteiger partial charge in [0.2, 0.25) is 0 Å². The van der Waals surface area contributed by atoms with Crippen LogP contribution >= 0.6 is 0 Å². The van der Waals surface area contributed by atoms with Crippen molar-refractivity contribution in [3.05, 3.63) is 59.2 Å². The van der Waals surface area contributed by atoms with Crippen molar-refractivity contribution in [2.75, 3.05) is 6.54 Å². The third-order valence-corrected chi connectivity index (χ3v) is 4.44. The third kappa shape index (κ3) is 2.89. The molecule has 1 heteroatoms. The van der Waals surface area contributed by atoms with E-state index in [2.05, 4.69) is 61.6 Å². The fraction of sp³-hybridized carbons (Fsp3) is 0.400. The standard InChI is InChI=1S/C20H25N/c1-3-7-20(21-12-4-2)17-11-10-16-13-15-8-5-6-9-18(15)19(16)14-17/h5-6,8-11,14,20-21H,3-4,7,12-13H2,1-2H3. The molecular formula is C20H25N. The van der Waals surface area contributed by atoms with Crippen molar-refractivity contribution in [2.24, 2.45) is 0 Å². The molecular weight excluding hydrogens is 254 g/mol. The van der Waals surface area contributed by atoms with Crippen LogP contribution < -0.4 is 5.32 Å². The summed E-state index contributed by atoms with van der Waals surface area (Å²) in [5.74, 6) is 0. The van der Waals surface area contributed by atoms with Gasteiger partial charge in [0.25, 0.3) is 0 Å². The first-order valence-corrected chi connectivity index (χ1v) is 8.28. The highest BCUT2D eigenvalue weighted by Crippen LogP contribution is 2.38. The average molecular weight is 279 g/mol. The maximum absolute atomic E-state index is 3.70. The third-order valence-electron chi connectivity index (χ3n) is 4.44. The fourth-order valence-corrected chi connectivity index (χ4v) is 3.35. The zero-order chi connectivity index (χ0) is 14.7. The van der Waals surface area contributed by atoms with Gasteiger partial charge in [-0.2, -0.15) is 0 Å². The zero-order valence-electron chi connectivity index (χ0n) is 13.2. The molecule has 1 atom stereocenters. The van der Waals surface area contributed by atoms with Gasteiger partial charge < -0.3 is 5.32 Å². The minimum atomic E-state index is 0.494. The van der Waals surface area contributed by atoms with Crippen LogP contribution in [0.15, 0.2) is 42.5 Å². The topological polar surface area (TPSA) is 12.0 Å². The van der Waals surface area contributed by atoms with Gasteiger partial charge in [0.05, 0.1) is 0 Å². The second kappa shape index (κ2) is 6.44. The summed E-state index contributed by atoms with van der Waals surface area (Å²) in [6.45, 7) is 5.59. The van der Waals surface area contributed by atoms with Crippen molar-refractivity contribution >= 4 is 0 Å². The Balaban J connectivity index is 1.92. The summed E-state index contributed by atoms with van der Waals surface area (Å²) >= 11 is 0. The molecule has 0 spiro atoms. The predicted octanol–water partition coefficient (Wildman–Crippen LogP) is 5.10. The Morgan fingerprint density at radius 2 is 1.76 bits per heavy atom. The molecule has 0 amide bonds. The molecule has 0 bridgehead atoms. The first kappa shape index (κ1) is 14.3. The number of benzene rings is 2. The summed E-state index contributed by atoms with van der Waals surface area (Å²) in [5, 5.41) is 3.70. The quantitative estimate of drug-likeness (QED) is 0.662. The first-order chi connectivity index (χ1) is 10.3. The van der Waals surface area contributed by atoms with Gasteiger partial charge in [0.1, 0.15) is 0 Å². The molecule has 1 N–H and O–H groups in total. The van der Waals surface area contributed by atoms with Crippen LogP contribution in [0.2, 0.25) is 0 Å². The van der Waals surface area contributed by atoms with Crippen LogP contribution in [0.25, 0.3) is 11.1 Å². The van der Waals surface area contributed by atoms with Crippen molar-refractivity contribution in [3.8, 4) is 11.1 Å². The van der Waals surface area contributed by atoms with Crippen molar-refractivity contribution in [1.29, 1.82) is 0 Å². The molecule has 0 heterocycles. The van der Waals surface area contributed by atoms with Crippen LogP contribution in [-0.4, -0.2) is 6.54 Å². The second-order valence-electron chi connectivity index (χ2n) is 6.05. The molecule has 2 aromatic rings. The molecule has 0 aromatic heterocycles. The lowest BCUT2D eigenvalue weighted by molar-refractivity contribution is 0.494. The van der Waals surface area contributed by atoms with Gasteiger partial charge in [0, 0.05) is 6.04 Å². The van der Waals surface area contributed by atoms with Crippen molar-refractivity contribution in [2.45, 2.75) is 45.6 Å². The molecule has 2 aromatic carbocycles. The molecule has 110 valence electrons. The summed E-state index contributed by atoms with van der Waals surface area (Å²) in [7, 11) is 0. The molecule has 21 heavy (non-hydrogen) atoms. The van der Waals surface area contributed by atoms with E-state index in [0.717, 1.165) is 13.0 Å². The summed E-state index contributed by atoms with van der Waals surface area (Å²) in [4.78, 5) is 0. The monoisotopic (exact) mass is 279 g/mol. The van der Waals surface area contributed by atoms with Crippen LogP contribution in [-0.2, 0) is 6.42 Å². The van der Waals surface area contributed by atoms with Gasteiger partial charge in [-0.15, -0.1) is 0 Å². The van der Waals surface area contributed by atoms with E-state index in [4.69, 9.17) is 0 Å². The summed E-state index contributed by atoms with van der Waals surface area (Å²) in [6, 6.07) is 16.4. The van der Waals surface area contributed by atoms with E-state index >= 15 is 0 Å². The summed E-state index contributed by atoms with van der Waals surface area (Å²) < 4.78 is 0. The van der Waals surface area contributed by atoms with Crippen molar-refractivity contribution in [3.63, 3.8) is 0 Å². The van der Waals surface area contributed by atoms with Crippen LogP contribution in [0.1, 0.15) is 55.8 Å². The SMILES string of the molecule is CCCNC(CCC)c1ccc2c(c1)-c1ccccc1C2. The molecule has 0 aliphatic heterocycles. The van der Waals surface area contributed by atoms with Crippen LogP contribution in [0.4, 0.5) is 0 Å². The van der Waals surface area contributed by atoms with Gasteiger partial charge in [-0.1, -0.05) is 56.7 Å². The lowest BCUT2D eigenvalue weighted by Gasteiger charge is -2.19. The maximum atomic E-state index is 3.70. The maximum Gasteiger partial charge on any atom is 0.0320 e. The number of rotatable bonds is 6. The Labute approximate surface area is 128 Å². The van der Waals surface area contributed by atoms with E-state index in [0.29, 0.717) is 6.04 Å². The molecule has 1 aliphatic rings. The average Bonchev–Trinajstić information content (AvgIpc) is 2.89. The Morgan fingerprint density at radius 3 is 2.57 bits per heavy atom. The van der Waals surface area contributed by atoms with Gasteiger partial charge in [-0.25, -0.2) is 0 Å². The van der Waals surface area contributed by atoms with Gasteiger partial charge in [-0.3, -0.25) is 0 Å². The van der Waals surface area contributed by atoms with E-state index in [1.165, 1.54) is 47.1 Å². The molecule has 1 unspecified atom stereocenters. The van der Waals surface area contributed by atoms with E-state index in [-0.39, 0.29) is 0 Å². The van der Waals surface area contributed by atoms with Crippen LogP contribution in [0.3, 0.4) is 0 Å². The molecule has 0 radical (unpaired) electrons. The number of hydrogen-bond donors (Lipinski definition) is 1. The Bertz CT molecular complexity index is 615. The van der Waals surface area contributed by atoms with E-state index in [1.807, 2.05) is 0 Å². The minimum absolute atomic E-state index is 0.494. The molecule has 0 fully saturated rings. The van der Waals surface area contributed by atoms with E-state index < -0.39 is 0 Å². The highest BCUT2D eigenvalue weighted by molar-refractivity contribution is 5.77. The largest absolute Gasteiger partial charge is 0.310 e. The normalized spacial score (nSPS) is 13.8. The lowest BCUT2D eigenvalue weighted by Crippen LogP contribution is -2.22. The predicted molar refractivity (Wildman–Crippen MR) is 90.6 cm³/mol. The Hall–Kier alpha value is -1.60. The Morgan fingerprint density at radius 1 is 0.952 bits per heavy atom.